The molecule has 5 nitrogen and oxygen atoms in total. The maximum absolute atomic E-state index is 12.1. The number of hydrogen-bond donors (Lipinski definition) is 2. The lowest BCUT2D eigenvalue weighted by Gasteiger charge is -2.17. The van der Waals surface area contributed by atoms with Gasteiger partial charge in [0.25, 0.3) is 5.91 Å². The molecule has 196 valence electrons. The zero-order valence-electron chi connectivity index (χ0n) is 22.6. The highest BCUT2D eigenvalue weighted by molar-refractivity contribution is 5.94. The van der Waals surface area contributed by atoms with E-state index in [0.717, 1.165) is 24.2 Å². The van der Waals surface area contributed by atoms with Crippen LogP contribution in [0.15, 0.2) is 60.7 Å². The number of ether oxygens (including phenoxy) is 1. The minimum absolute atomic E-state index is 0.0840. The Kier molecular flexibility index (Phi) is 9.90. The first kappa shape index (κ1) is 28.0. The van der Waals surface area contributed by atoms with Crippen molar-refractivity contribution in [3.05, 3.63) is 88.5 Å². The van der Waals surface area contributed by atoms with Gasteiger partial charge in [-0.15, -0.1) is 0 Å². The third kappa shape index (κ3) is 8.21. The molecule has 3 aromatic rings. The quantitative estimate of drug-likeness (QED) is 0.282. The summed E-state index contributed by atoms with van der Waals surface area (Å²) in [6.07, 6.45) is 1.79. The van der Waals surface area contributed by atoms with Gasteiger partial charge in [0.05, 0.1) is 13.0 Å². The molecule has 1 unspecified atom stereocenters. The Morgan fingerprint density at radius 1 is 0.919 bits per heavy atom. The van der Waals surface area contributed by atoms with Gasteiger partial charge < -0.3 is 15.2 Å². The van der Waals surface area contributed by atoms with Crippen molar-refractivity contribution in [1.29, 1.82) is 0 Å². The van der Waals surface area contributed by atoms with Gasteiger partial charge in [0.15, 0.2) is 0 Å². The van der Waals surface area contributed by atoms with Crippen molar-refractivity contribution in [2.24, 2.45) is 5.92 Å². The van der Waals surface area contributed by atoms with Crippen LogP contribution in [0, 0.1) is 19.8 Å². The number of carboxylic acid groups (broad SMARTS) is 1. The second-order valence-corrected chi connectivity index (χ2v) is 10.3. The fourth-order valence-corrected chi connectivity index (χ4v) is 4.44. The lowest BCUT2D eigenvalue weighted by Crippen LogP contribution is -2.25. The van der Waals surface area contributed by atoms with E-state index in [1.807, 2.05) is 12.1 Å². The van der Waals surface area contributed by atoms with Crippen LogP contribution in [-0.2, 0) is 11.2 Å². The van der Waals surface area contributed by atoms with E-state index in [1.165, 1.54) is 27.8 Å². The Morgan fingerprint density at radius 3 is 2.11 bits per heavy atom. The highest BCUT2D eigenvalue weighted by Gasteiger charge is 2.11. The highest BCUT2D eigenvalue weighted by Crippen LogP contribution is 2.32. The second kappa shape index (κ2) is 13.1. The van der Waals surface area contributed by atoms with Crippen LogP contribution in [0.2, 0.25) is 0 Å². The molecular formula is C32H39NO4. The standard InChI is InChI=1S/C32H39NO4/c1-21(2)26-12-14-27(15-13-26)31-23(4)18-29(19-24(31)5)37-20-22(3)6-7-25-8-10-28(11-9-25)32(36)33-17-16-30(34)35/h8-15,18-19,21-22H,6-7,16-17,20H2,1-5H3,(H,33,36)(H,34,35). The van der Waals surface area contributed by atoms with Crippen LogP contribution in [0.3, 0.4) is 0 Å². The first-order valence-electron chi connectivity index (χ1n) is 13.1. The van der Waals surface area contributed by atoms with E-state index >= 15 is 0 Å². The molecule has 0 heterocycles. The summed E-state index contributed by atoms with van der Waals surface area (Å²) in [6, 6.07) is 20.6. The molecule has 1 atom stereocenters. The number of carbonyl (C=O) groups is 2. The zero-order valence-corrected chi connectivity index (χ0v) is 22.6. The first-order valence-corrected chi connectivity index (χ1v) is 13.1. The number of rotatable bonds is 12. The molecule has 0 spiro atoms. The molecule has 5 heteroatoms. The molecule has 0 aliphatic rings. The van der Waals surface area contributed by atoms with E-state index in [9.17, 15) is 9.59 Å². The minimum atomic E-state index is -0.927. The highest BCUT2D eigenvalue weighted by atomic mass is 16.5. The monoisotopic (exact) mass is 501 g/mol. The third-order valence-electron chi connectivity index (χ3n) is 6.67. The maximum atomic E-state index is 12.1. The van der Waals surface area contributed by atoms with Gasteiger partial charge in [0.2, 0.25) is 0 Å². The van der Waals surface area contributed by atoms with E-state index in [4.69, 9.17) is 9.84 Å². The molecule has 37 heavy (non-hydrogen) atoms. The molecule has 3 rings (SSSR count). The smallest absolute Gasteiger partial charge is 0.305 e. The number of carbonyl (C=O) groups excluding carboxylic acids is 1. The fourth-order valence-electron chi connectivity index (χ4n) is 4.44. The van der Waals surface area contributed by atoms with Crippen molar-refractivity contribution >= 4 is 11.9 Å². The van der Waals surface area contributed by atoms with Gasteiger partial charge in [0.1, 0.15) is 5.75 Å². The Hall–Kier alpha value is -3.60. The van der Waals surface area contributed by atoms with Gasteiger partial charge in [-0.05, 0) is 96.2 Å². The predicted octanol–water partition coefficient (Wildman–Crippen LogP) is 6.95. The van der Waals surface area contributed by atoms with Crippen LogP contribution in [0.25, 0.3) is 11.1 Å². The van der Waals surface area contributed by atoms with Crippen molar-refractivity contribution < 1.29 is 19.4 Å². The van der Waals surface area contributed by atoms with Gasteiger partial charge in [-0.1, -0.05) is 57.2 Å². The number of hydrogen-bond acceptors (Lipinski definition) is 3. The number of nitrogens with one attached hydrogen (secondary N) is 1. The van der Waals surface area contributed by atoms with Gasteiger partial charge in [0, 0.05) is 12.1 Å². The van der Waals surface area contributed by atoms with E-state index in [0.29, 0.717) is 24.0 Å². The maximum Gasteiger partial charge on any atom is 0.305 e. The van der Waals surface area contributed by atoms with Crippen molar-refractivity contribution in [1.82, 2.24) is 5.32 Å². The van der Waals surface area contributed by atoms with Crippen molar-refractivity contribution in [3.63, 3.8) is 0 Å². The van der Waals surface area contributed by atoms with Gasteiger partial charge in [-0.3, -0.25) is 9.59 Å². The SMILES string of the molecule is Cc1cc(OCC(C)CCc2ccc(C(=O)NCCC(=O)O)cc2)cc(C)c1-c1ccc(C(C)C)cc1. The van der Waals surface area contributed by atoms with Gasteiger partial charge in [-0.2, -0.15) is 0 Å². The minimum Gasteiger partial charge on any atom is -0.493 e. The molecule has 0 aromatic heterocycles. The van der Waals surface area contributed by atoms with E-state index < -0.39 is 5.97 Å². The van der Waals surface area contributed by atoms with Crippen molar-refractivity contribution in [3.8, 4) is 16.9 Å². The second-order valence-electron chi connectivity index (χ2n) is 10.3. The summed E-state index contributed by atoms with van der Waals surface area (Å²) < 4.78 is 6.17. The lowest BCUT2D eigenvalue weighted by molar-refractivity contribution is -0.136. The van der Waals surface area contributed by atoms with Crippen LogP contribution >= 0.6 is 0 Å². The number of aliphatic carboxylic acids is 1. The first-order chi connectivity index (χ1) is 17.6. The number of aryl methyl sites for hydroxylation is 3. The summed E-state index contributed by atoms with van der Waals surface area (Å²) in [7, 11) is 0. The van der Waals surface area contributed by atoms with Crippen molar-refractivity contribution in [2.45, 2.75) is 59.8 Å². The van der Waals surface area contributed by atoms with E-state index in [1.54, 1.807) is 12.1 Å². The molecule has 0 aliphatic heterocycles. The Bertz CT molecular complexity index is 1170. The van der Waals surface area contributed by atoms with Crippen LogP contribution in [0.4, 0.5) is 0 Å². The molecule has 0 aliphatic carbocycles. The summed E-state index contributed by atoms with van der Waals surface area (Å²) in [4.78, 5) is 22.7. The average molecular weight is 502 g/mol. The number of amides is 1. The Balaban J connectivity index is 1.50. The van der Waals surface area contributed by atoms with Crippen LogP contribution in [0.1, 0.15) is 72.1 Å². The normalized spacial score (nSPS) is 11.8. The average Bonchev–Trinajstić information content (AvgIpc) is 2.86. The fraction of sp³-hybridized carbons (Fsp3) is 0.375. The number of benzene rings is 3. The van der Waals surface area contributed by atoms with Crippen LogP contribution in [-0.4, -0.2) is 30.1 Å². The number of carboxylic acids is 1. The molecule has 0 radical (unpaired) electrons. The molecule has 2 N–H and O–H groups in total. The van der Waals surface area contributed by atoms with Crippen molar-refractivity contribution in [2.75, 3.05) is 13.2 Å². The third-order valence-corrected chi connectivity index (χ3v) is 6.67. The lowest BCUT2D eigenvalue weighted by atomic mass is 9.93. The summed E-state index contributed by atoms with van der Waals surface area (Å²) in [5, 5.41) is 11.3. The molecular weight excluding hydrogens is 462 g/mol. The van der Waals surface area contributed by atoms with Crippen LogP contribution < -0.4 is 10.1 Å². The summed E-state index contributed by atoms with van der Waals surface area (Å²) in [5.74, 6) is 0.629. The largest absolute Gasteiger partial charge is 0.493 e. The molecule has 0 saturated heterocycles. The van der Waals surface area contributed by atoms with E-state index in [-0.39, 0.29) is 18.9 Å². The zero-order chi connectivity index (χ0) is 26.9. The molecule has 1 amide bonds. The summed E-state index contributed by atoms with van der Waals surface area (Å²) >= 11 is 0. The molecule has 0 bridgehead atoms. The Labute approximate surface area is 220 Å². The van der Waals surface area contributed by atoms with Gasteiger partial charge >= 0.3 is 5.97 Å². The van der Waals surface area contributed by atoms with Crippen LogP contribution in [0.5, 0.6) is 5.75 Å². The summed E-state index contributed by atoms with van der Waals surface area (Å²) in [5.41, 5.74) is 7.99. The summed E-state index contributed by atoms with van der Waals surface area (Å²) in [6.45, 7) is 11.7. The Morgan fingerprint density at radius 2 is 1.54 bits per heavy atom. The predicted molar refractivity (Wildman–Crippen MR) is 149 cm³/mol. The molecule has 3 aromatic carbocycles. The molecule has 0 saturated carbocycles. The topological polar surface area (TPSA) is 75.6 Å². The van der Waals surface area contributed by atoms with E-state index in [2.05, 4.69) is 76.3 Å². The molecule has 0 fully saturated rings. The van der Waals surface area contributed by atoms with Gasteiger partial charge in [-0.25, -0.2) is 0 Å².